The lowest BCUT2D eigenvalue weighted by molar-refractivity contribution is 0.0954. The maximum Gasteiger partial charge on any atom is 0.251 e. The summed E-state index contributed by atoms with van der Waals surface area (Å²) < 4.78 is 40.4. The van der Waals surface area contributed by atoms with Crippen LogP contribution in [-0.2, 0) is 10.0 Å². The van der Waals surface area contributed by atoms with Crippen LogP contribution in [0.15, 0.2) is 41.4 Å². The molecule has 1 fully saturated rings. The van der Waals surface area contributed by atoms with E-state index in [0.29, 0.717) is 50.6 Å². The summed E-state index contributed by atoms with van der Waals surface area (Å²) in [5.74, 6) is -0.281. The van der Waals surface area contributed by atoms with Gasteiger partial charge in [0.05, 0.1) is 0 Å². The van der Waals surface area contributed by atoms with E-state index in [-0.39, 0.29) is 16.4 Å². The average molecular weight is 436 g/mol. The molecule has 162 valence electrons. The molecule has 2 N–H and O–H groups in total. The number of benzene rings is 1. The molecule has 2 aromatic rings. The third-order valence-electron chi connectivity index (χ3n) is 4.99. The monoisotopic (exact) mass is 435 g/mol. The van der Waals surface area contributed by atoms with Crippen LogP contribution in [0.5, 0.6) is 0 Å². The summed E-state index contributed by atoms with van der Waals surface area (Å²) in [6, 6.07) is 7.46. The normalized spacial score (nSPS) is 15.7. The minimum atomic E-state index is -3.55. The molecule has 0 aliphatic carbocycles. The fourth-order valence-electron chi connectivity index (χ4n) is 3.02. The van der Waals surface area contributed by atoms with Crippen molar-refractivity contribution < 1.29 is 17.6 Å². The fraction of sp³-hybridized carbons (Fsp3) is 0.400. The Hall–Kier alpha value is -2.56. The van der Waals surface area contributed by atoms with Gasteiger partial charge >= 0.3 is 0 Å². The summed E-state index contributed by atoms with van der Waals surface area (Å²) in [7, 11) is -1.58. The van der Waals surface area contributed by atoms with Gasteiger partial charge in [0.1, 0.15) is 16.5 Å². The molecule has 1 aromatic carbocycles. The zero-order valence-electron chi connectivity index (χ0n) is 17.1. The van der Waals surface area contributed by atoms with Gasteiger partial charge in [-0.15, -0.1) is 0 Å². The third kappa shape index (κ3) is 5.32. The molecular formula is C20H26FN5O3S. The summed E-state index contributed by atoms with van der Waals surface area (Å²) in [5.41, 5.74) is 0.743. The molecule has 0 spiro atoms. The Kier molecular flexibility index (Phi) is 7.01. The first-order chi connectivity index (χ1) is 14.3. The number of aryl methyl sites for hydroxylation is 1. The predicted molar refractivity (Wildman–Crippen MR) is 112 cm³/mol. The smallest absolute Gasteiger partial charge is 0.251 e. The number of rotatable bonds is 7. The molecule has 10 heteroatoms. The van der Waals surface area contributed by atoms with Gasteiger partial charge in [-0.3, -0.25) is 4.79 Å². The van der Waals surface area contributed by atoms with Crippen molar-refractivity contribution in [2.75, 3.05) is 51.6 Å². The van der Waals surface area contributed by atoms with Crippen LogP contribution in [0.25, 0.3) is 0 Å². The Balaban J connectivity index is 1.49. The summed E-state index contributed by atoms with van der Waals surface area (Å²) in [4.78, 5) is 18.5. The molecule has 1 amide bonds. The highest BCUT2D eigenvalue weighted by molar-refractivity contribution is 7.89. The van der Waals surface area contributed by atoms with Crippen molar-refractivity contribution in [3.63, 3.8) is 0 Å². The largest absolute Gasteiger partial charge is 0.368 e. The summed E-state index contributed by atoms with van der Waals surface area (Å²) >= 11 is 0. The molecule has 3 rings (SSSR count). The lowest BCUT2D eigenvalue weighted by Gasteiger charge is -2.31. The van der Waals surface area contributed by atoms with Crippen LogP contribution in [-0.4, -0.2) is 74.8 Å². The highest BCUT2D eigenvalue weighted by atomic mass is 32.2. The van der Waals surface area contributed by atoms with Crippen molar-refractivity contribution in [2.45, 2.75) is 11.8 Å². The molecule has 0 bridgehead atoms. The van der Waals surface area contributed by atoms with Crippen molar-refractivity contribution in [1.82, 2.24) is 19.5 Å². The van der Waals surface area contributed by atoms with Gasteiger partial charge in [-0.05, 0) is 43.8 Å². The number of piperazine rings is 1. The number of nitrogens with one attached hydrogen (secondary N) is 2. The standard InChI is InChI=1S/C20H26FN5O3S/c1-15-3-4-16(13-18(15)21)20(27)23-8-7-22-19-6-5-17(14-24-19)30(28,29)26-11-9-25(2)10-12-26/h3-6,13-14H,7-12H2,1-2H3,(H,22,24)(H,23,27). The van der Waals surface area contributed by atoms with Crippen LogP contribution in [0.1, 0.15) is 15.9 Å². The first kappa shape index (κ1) is 22.1. The summed E-state index contributed by atoms with van der Waals surface area (Å²) in [6.07, 6.45) is 1.34. The number of amides is 1. The third-order valence-corrected chi connectivity index (χ3v) is 6.87. The number of likely N-dealkylation sites (N-methyl/N-ethyl adjacent to an activating group) is 1. The van der Waals surface area contributed by atoms with E-state index in [9.17, 15) is 17.6 Å². The molecule has 1 aromatic heterocycles. The molecule has 0 unspecified atom stereocenters. The quantitative estimate of drug-likeness (QED) is 0.637. The van der Waals surface area contributed by atoms with E-state index < -0.39 is 15.8 Å². The molecule has 1 aliphatic heterocycles. The SMILES string of the molecule is Cc1ccc(C(=O)NCCNc2ccc(S(=O)(=O)N3CCN(C)CC3)cn2)cc1F. The van der Waals surface area contributed by atoms with Crippen LogP contribution in [0.4, 0.5) is 10.2 Å². The van der Waals surface area contributed by atoms with Gasteiger partial charge in [0, 0.05) is 51.0 Å². The number of nitrogens with zero attached hydrogens (tertiary/aromatic N) is 3. The Morgan fingerprint density at radius 3 is 2.50 bits per heavy atom. The first-order valence-electron chi connectivity index (χ1n) is 9.70. The van der Waals surface area contributed by atoms with Crippen molar-refractivity contribution >= 4 is 21.7 Å². The molecule has 1 saturated heterocycles. The zero-order chi connectivity index (χ0) is 21.7. The Morgan fingerprint density at radius 1 is 1.13 bits per heavy atom. The van der Waals surface area contributed by atoms with E-state index in [0.717, 1.165) is 0 Å². The number of pyridine rings is 1. The topological polar surface area (TPSA) is 94.6 Å². The zero-order valence-corrected chi connectivity index (χ0v) is 17.9. The maximum atomic E-state index is 13.6. The van der Waals surface area contributed by atoms with E-state index in [4.69, 9.17) is 0 Å². The second-order valence-electron chi connectivity index (χ2n) is 7.23. The molecule has 0 saturated carbocycles. The van der Waals surface area contributed by atoms with Crippen LogP contribution in [0.3, 0.4) is 0 Å². The van der Waals surface area contributed by atoms with Gasteiger partial charge in [-0.25, -0.2) is 17.8 Å². The molecule has 0 atom stereocenters. The van der Waals surface area contributed by atoms with Gasteiger partial charge in [0.25, 0.3) is 5.91 Å². The van der Waals surface area contributed by atoms with Crippen LogP contribution < -0.4 is 10.6 Å². The molecule has 30 heavy (non-hydrogen) atoms. The van der Waals surface area contributed by atoms with E-state index in [1.165, 1.54) is 22.6 Å². The second-order valence-corrected chi connectivity index (χ2v) is 9.17. The van der Waals surface area contributed by atoms with Crippen molar-refractivity contribution in [1.29, 1.82) is 0 Å². The molecule has 1 aliphatic rings. The Morgan fingerprint density at radius 2 is 1.87 bits per heavy atom. The lowest BCUT2D eigenvalue weighted by Crippen LogP contribution is -2.47. The first-order valence-corrected chi connectivity index (χ1v) is 11.1. The van der Waals surface area contributed by atoms with Crippen LogP contribution >= 0.6 is 0 Å². The number of hydrogen-bond acceptors (Lipinski definition) is 6. The van der Waals surface area contributed by atoms with Gasteiger partial charge in [-0.2, -0.15) is 4.31 Å². The number of carbonyl (C=O) groups excluding carboxylic acids is 1. The number of anilines is 1. The van der Waals surface area contributed by atoms with E-state index in [1.807, 2.05) is 7.05 Å². The van der Waals surface area contributed by atoms with Crippen molar-refractivity contribution in [2.24, 2.45) is 0 Å². The minimum Gasteiger partial charge on any atom is -0.368 e. The maximum absolute atomic E-state index is 13.6. The Bertz CT molecular complexity index is 990. The van der Waals surface area contributed by atoms with E-state index >= 15 is 0 Å². The van der Waals surface area contributed by atoms with Gasteiger partial charge in [0.2, 0.25) is 10.0 Å². The summed E-state index contributed by atoms with van der Waals surface area (Å²) in [6.45, 7) is 4.65. The number of sulfonamides is 1. The van der Waals surface area contributed by atoms with E-state index in [1.54, 1.807) is 25.1 Å². The average Bonchev–Trinajstić information content (AvgIpc) is 2.73. The molecule has 8 nitrogen and oxygen atoms in total. The molecule has 0 radical (unpaired) electrons. The van der Waals surface area contributed by atoms with Gasteiger partial charge < -0.3 is 15.5 Å². The Labute approximate surface area is 176 Å². The molecule has 2 heterocycles. The van der Waals surface area contributed by atoms with Gasteiger partial charge in [-0.1, -0.05) is 6.07 Å². The van der Waals surface area contributed by atoms with Crippen molar-refractivity contribution in [3.05, 3.63) is 53.5 Å². The van der Waals surface area contributed by atoms with Crippen LogP contribution in [0, 0.1) is 12.7 Å². The lowest BCUT2D eigenvalue weighted by atomic mass is 10.1. The second kappa shape index (κ2) is 9.50. The van der Waals surface area contributed by atoms with Crippen LogP contribution in [0.2, 0.25) is 0 Å². The summed E-state index contributed by atoms with van der Waals surface area (Å²) in [5, 5.41) is 5.72. The predicted octanol–water partition coefficient (Wildman–Crippen LogP) is 1.31. The number of hydrogen-bond donors (Lipinski definition) is 2. The highest BCUT2D eigenvalue weighted by Crippen LogP contribution is 2.17. The van der Waals surface area contributed by atoms with E-state index in [2.05, 4.69) is 20.5 Å². The van der Waals surface area contributed by atoms with Crippen molar-refractivity contribution in [3.8, 4) is 0 Å². The fourth-order valence-corrected chi connectivity index (χ4v) is 4.39. The number of aromatic nitrogens is 1. The number of carbonyl (C=O) groups is 1. The highest BCUT2D eigenvalue weighted by Gasteiger charge is 2.27. The van der Waals surface area contributed by atoms with Gasteiger partial charge in [0.15, 0.2) is 0 Å². The number of halogens is 1. The minimum absolute atomic E-state index is 0.160. The molecular weight excluding hydrogens is 409 g/mol.